The molecule has 2 aromatic rings. The minimum atomic E-state index is -0.666. The van der Waals surface area contributed by atoms with Crippen molar-refractivity contribution >= 4 is 58.1 Å². The van der Waals surface area contributed by atoms with Crippen molar-refractivity contribution in [2.45, 2.75) is 0 Å². The number of carbonyl (C=O) groups is 4. The van der Waals surface area contributed by atoms with Crippen molar-refractivity contribution in [3.63, 3.8) is 0 Å². The number of amides is 4. The molecule has 0 unspecified atom stereocenters. The minimum absolute atomic E-state index is 0.0960. The normalized spacial score (nSPS) is 14.8. The van der Waals surface area contributed by atoms with Gasteiger partial charge in [-0.25, -0.2) is 0 Å². The Labute approximate surface area is 181 Å². The second kappa shape index (κ2) is 9.47. The number of nitrogens with two attached hydrogens (primary N) is 1. The number of nitrogens with zero attached hydrogens (tertiary/aromatic N) is 1. The highest BCUT2D eigenvalue weighted by atomic mass is 35.5. The Bertz CT molecular complexity index is 1040. The lowest BCUT2D eigenvalue weighted by Crippen LogP contribution is -2.36. The van der Waals surface area contributed by atoms with Gasteiger partial charge in [0.2, 0.25) is 5.91 Å². The third-order valence-electron chi connectivity index (χ3n) is 3.86. The molecule has 1 heterocycles. The highest BCUT2D eigenvalue weighted by molar-refractivity contribution is 8.18. The lowest BCUT2D eigenvalue weighted by atomic mass is 10.2. The summed E-state index contributed by atoms with van der Waals surface area (Å²) in [5.74, 6) is -1.51. The van der Waals surface area contributed by atoms with E-state index in [1.54, 1.807) is 36.4 Å². The summed E-state index contributed by atoms with van der Waals surface area (Å²) in [6.07, 6.45) is 1.42. The summed E-state index contributed by atoms with van der Waals surface area (Å²) in [5, 5.41) is 2.42. The van der Waals surface area contributed by atoms with Gasteiger partial charge in [0.1, 0.15) is 12.3 Å². The molecule has 0 atom stereocenters. The molecule has 0 aliphatic carbocycles. The lowest BCUT2D eigenvalue weighted by molar-refractivity contribution is -0.127. The van der Waals surface area contributed by atoms with E-state index in [1.165, 1.54) is 18.2 Å². The van der Waals surface area contributed by atoms with Gasteiger partial charge in [-0.1, -0.05) is 29.8 Å². The molecule has 1 saturated heterocycles. The Morgan fingerprint density at radius 2 is 1.90 bits per heavy atom. The zero-order chi connectivity index (χ0) is 21.7. The van der Waals surface area contributed by atoms with Crippen molar-refractivity contribution < 1.29 is 23.9 Å². The molecule has 0 bridgehead atoms. The van der Waals surface area contributed by atoms with E-state index in [-0.39, 0.29) is 17.3 Å². The third kappa shape index (κ3) is 5.40. The first kappa shape index (κ1) is 21.4. The molecule has 0 radical (unpaired) electrons. The Balaban J connectivity index is 1.75. The average molecular weight is 446 g/mol. The molecule has 1 aliphatic rings. The maximum Gasteiger partial charge on any atom is 0.294 e. The number of rotatable bonds is 7. The van der Waals surface area contributed by atoms with E-state index in [4.69, 9.17) is 22.1 Å². The molecule has 4 amide bonds. The van der Waals surface area contributed by atoms with E-state index >= 15 is 0 Å². The topological polar surface area (TPSA) is 119 Å². The molecule has 1 fully saturated rings. The van der Waals surface area contributed by atoms with Crippen LogP contribution in [-0.2, 0) is 14.4 Å². The van der Waals surface area contributed by atoms with Crippen LogP contribution in [0.25, 0.3) is 6.08 Å². The highest BCUT2D eigenvalue weighted by Crippen LogP contribution is 2.34. The Hall–Kier alpha value is -3.30. The van der Waals surface area contributed by atoms with Crippen molar-refractivity contribution in [2.75, 3.05) is 18.5 Å². The number of carbonyl (C=O) groups excluding carboxylic acids is 4. The van der Waals surface area contributed by atoms with E-state index in [1.807, 2.05) is 0 Å². The maximum atomic E-state index is 12.7. The molecule has 154 valence electrons. The van der Waals surface area contributed by atoms with Gasteiger partial charge in [0.05, 0.1) is 4.91 Å². The first-order valence-electron chi connectivity index (χ1n) is 8.64. The molecule has 0 spiro atoms. The number of anilines is 1. The number of hydrogen-bond donors (Lipinski definition) is 2. The van der Waals surface area contributed by atoms with Crippen LogP contribution < -0.4 is 15.8 Å². The van der Waals surface area contributed by atoms with Crippen molar-refractivity contribution in [3.8, 4) is 5.75 Å². The van der Waals surface area contributed by atoms with Crippen molar-refractivity contribution in [1.82, 2.24) is 4.90 Å². The largest absolute Gasteiger partial charge is 0.483 e. The SMILES string of the molecule is NC(=O)COc1ccc(Cl)cc1/C=C1\SC(=O)N(CC(=O)Nc2ccccc2)C1=O. The second-order valence-corrected chi connectivity index (χ2v) is 7.55. The number of hydrogen-bond acceptors (Lipinski definition) is 6. The zero-order valence-corrected chi connectivity index (χ0v) is 17.0. The smallest absolute Gasteiger partial charge is 0.294 e. The highest BCUT2D eigenvalue weighted by Gasteiger charge is 2.36. The second-order valence-electron chi connectivity index (χ2n) is 6.12. The first-order chi connectivity index (χ1) is 14.3. The summed E-state index contributed by atoms with van der Waals surface area (Å²) in [7, 11) is 0. The minimum Gasteiger partial charge on any atom is -0.483 e. The molecular weight excluding hydrogens is 430 g/mol. The predicted molar refractivity (Wildman–Crippen MR) is 114 cm³/mol. The Morgan fingerprint density at radius 3 is 2.60 bits per heavy atom. The van der Waals surface area contributed by atoms with Crippen LogP contribution in [-0.4, -0.2) is 41.0 Å². The molecule has 10 heteroatoms. The summed E-state index contributed by atoms with van der Waals surface area (Å²) in [4.78, 5) is 49.1. The summed E-state index contributed by atoms with van der Waals surface area (Å²) in [6, 6.07) is 13.3. The van der Waals surface area contributed by atoms with Crippen LogP contribution in [0.5, 0.6) is 5.75 Å². The molecule has 3 rings (SSSR count). The van der Waals surface area contributed by atoms with E-state index in [0.717, 1.165) is 4.90 Å². The van der Waals surface area contributed by atoms with Crippen molar-refractivity contribution in [1.29, 1.82) is 0 Å². The van der Waals surface area contributed by atoms with Crippen molar-refractivity contribution in [3.05, 3.63) is 64.0 Å². The van der Waals surface area contributed by atoms with Gasteiger partial charge in [-0.05, 0) is 48.2 Å². The molecule has 0 aromatic heterocycles. The summed E-state index contributed by atoms with van der Waals surface area (Å²) in [6.45, 7) is -0.777. The lowest BCUT2D eigenvalue weighted by Gasteiger charge is -2.12. The Morgan fingerprint density at radius 1 is 1.17 bits per heavy atom. The number of imide groups is 1. The monoisotopic (exact) mass is 445 g/mol. The van der Waals surface area contributed by atoms with E-state index in [2.05, 4.69) is 5.32 Å². The van der Waals surface area contributed by atoms with Crippen LogP contribution in [0.3, 0.4) is 0 Å². The van der Waals surface area contributed by atoms with Crippen LogP contribution >= 0.6 is 23.4 Å². The average Bonchev–Trinajstić information content (AvgIpc) is 2.95. The van der Waals surface area contributed by atoms with Crippen LogP contribution in [0.4, 0.5) is 10.5 Å². The van der Waals surface area contributed by atoms with Crippen LogP contribution in [0.2, 0.25) is 5.02 Å². The van der Waals surface area contributed by atoms with Gasteiger partial charge in [0, 0.05) is 16.3 Å². The number of benzene rings is 2. The quantitative estimate of drug-likeness (QED) is 0.632. The molecular formula is C20H16ClN3O5S. The number of halogens is 1. The summed E-state index contributed by atoms with van der Waals surface area (Å²) >= 11 is 6.70. The summed E-state index contributed by atoms with van der Waals surface area (Å²) < 4.78 is 5.32. The number of thioether (sulfide) groups is 1. The zero-order valence-electron chi connectivity index (χ0n) is 15.5. The molecule has 1 aliphatic heterocycles. The van der Waals surface area contributed by atoms with Gasteiger partial charge in [-0.15, -0.1) is 0 Å². The van der Waals surface area contributed by atoms with E-state index in [0.29, 0.717) is 28.0 Å². The molecule has 0 saturated carbocycles. The fourth-order valence-electron chi connectivity index (χ4n) is 2.56. The number of primary amides is 1. The van der Waals surface area contributed by atoms with E-state index in [9.17, 15) is 19.2 Å². The van der Waals surface area contributed by atoms with Crippen LogP contribution in [0.15, 0.2) is 53.4 Å². The fourth-order valence-corrected chi connectivity index (χ4v) is 3.57. The molecule has 2 aromatic carbocycles. The van der Waals surface area contributed by atoms with Crippen LogP contribution in [0, 0.1) is 0 Å². The number of nitrogens with one attached hydrogen (secondary N) is 1. The standard InChI is InChI=1S/C20H16ClN3O5S/c21-13-6-7-15(29-11-17(22)25)12(8-13)9-16-19(27)24(20(28)30-16)10-18(26)23-14-4-2-1-3-5-14/h1-9H,10-11H2,(H2,22,25)(H,23,26)/b16-9-. The summed E-state index contributed by atoms with van der Waals surface area (Å²) in [5.41, 5.74) is 6.04. The third-order valence-corrected chi connectivity index (χ3v) is 5.00. The first-order valence-corrected chi connectivity index (χ1v) is 9.84. The van der Waals surface area contributed by atoms with Gasteiger partial charge in [0.25, 0.3) is 17.1 Å². The molecule has 8 nitrogen and oxygen atoms in total. The number of ether oxygens (including phenoxy) is 1. The van der Waals surface area contributed by atoms with Gasteiger partial charge in [0.15, 0.2) is 6.61 Å². The van der Waals surface area contributed by atoms with E-state index < -0.39 is 29.5 Å². The van der Waals surface area contributed by atoms with Gasteiger partial charge >= 0.3 is 0 Å². The number of para-hydroxylation sites is 1. The van der Waals surface area contributed by atoms with Gasteiger partial charge < -0.3 is 15.8 Å². The van der Waals surface area contributed by atoms with Gasteiger partial charge in [-0.3, -0.25) is 24.1 Å². The fraction of sp³-hybridized carbons (Fsp3) is 0.100. The maximum absolute atomic E-state index is 12.7. The molecule has 30 heavy (non-hydrogen) atoms. The van der Waals surface area contributed by atoms with Crippen LogP contribution in [0.1, 0.15) is 5.56 Å². The predicted octanol–water partition coefficient (Wildman–Crippen LogP) is 2.88. The van der Waals surface area contributed by atoms with Gasteiger partial charge in [-0.2, -0.15) is 0 Å². The Kier molecular flexibility index (Phi) is 6.76. The van der Waals surface area contributed by atoms with Crippen molar-refractivity contribution in [2.24, 2.45) is 5.73 Å². The molecule has 3 N–H and O–H groups in total.